The van der Waals surface area contributed by atoms with E-state index in [4.69, 9.17) is 9.97 Å². The van der Waals surface area contributed by atoms with Gasteiger partial charge >= 0.3 is 0 Å². The number of nitriles is 1. The summed E-state index contributed by atoms with van der Waals surface area (Å²) in [4.78, 5) is 11.9. The Hall–Kier alpha value is -2.07. The molecular weight excluding hydrogens is 419 g/mol. The van der Waals surface area contributed by atoms with Crippen LogP contribution in [0.1, 0.15) is 49.4 Å². The summed E-state index contributed by atoms with van der Waals surface area (Å²) in [6, 6.07) is 10.6. The summed E-state index contributed by atoms with van der Waals surface area (Å²) in [5.41, 5.74) is 3.54. The van der Waals surface area contributed by atoms with E-state index in [0.717, 1.165) is 61.5 Å². The Kier molecular flexibility index (Phi) is 10.9. The molecule has 0 bridgehead atoms. The lowest BCUT2D eigenvalue weighted by atomic mass is 10.1. The van der Waals surface area contributed by atoms with E-state index < -0.39 is 0 Å². The molecule has 0 amide bonds. The van der Waals surface area contributed by atoms with E-state index in [1.165, 1.54) is 6.42 Å². The Labute approximate surface area is 192 Å². The van der Waals surface area contributed by atoms with Crippen molar-refractivity contribution in [3.63, 3.8) is 0 Å². The average Bonchev–Trinajstić information content (AvgIpc) is 2.73. The van der Waals surface area contributed by atoms with Crippen LogP contribution in [0.15, 0.2) is 24.3 Å². The zero-order valence-corrected chi connectivity index (χ0v) is 19.6. The van der Waals surface area contributed by atoms with E-state index in [1.54, 1.807) is 0 Å². The Morgan fingerprint density at radius 1 is 1.23 bits per heavy atom. The molecule has 6 nitrogen and oxygen atoms in total. The summed E-state index contributed by atoms with van der Waals surface area (Å²) < 4.78 is 0. The molecule has 3 rings (SSSR count). The summed E-state index contributed by atoms with van der Waals surface area (Å²) in [7, 11) is 2.03. The number of benzene rings is 1. The van der Waals surface area contributed by atoms with Crippen LogP contribution in [0.4, 0.5) is 17.5 Å². The topological polar surface area (TPSA) is 76.9 Å². The van der Waals surface area contributed by atoms with Crippen molar-refractivity contribution in [3.05, 3.63) is 41.1 Å². The van der Waals surface area contributed by atoms with Crippen molar-refractivity contribution in [1.82, 2.24) is 15.3 Å². The van der Waals surface area contributed by atoms with Gasteiger partial charge in [0.2, 0.25) is 5.95 Å². The second-order valence-electron chi connectivity index (χ2n) is 7.48. The first-order valence-electron chi connectivity index (χ1n) is 10.2. The highest BCUT2D eigenvalue weighted by molar-refractivity contribution is 5.85. The van der Waals surface area contributed by atoms with Gasteiger partial charge in [-0.3, -0.25) is 0 Å². The fourth-order valence-corrected chi connectivity index (χ4v) is 3.56. The molecule has 0 spiro atoms. The predicted molar refractivity (Wildman–Crippen MR) is 129 cm³/mol. The van der Waals surface area contributed by atoms with Crippen molar-refractivity contribution >= 4 is 42.3 Å². The molecule has 1 aromatic heterocycles. The number of aromatic nitrogens is 2. The molecular formula is C22H32Cl2N6. The Balaban J connectivity index is 0.00000225. The zero-order valence-electron chi connectivity index (χ0n) is 17.9. The van der Waals surface area contributed by atoms with Crippen molar-refractivity contribution in [3.8, 4) is 6.07 Å². The number of nitrogens with one attached hydrogen (secondary N) is 2. The first kappa shape index (κ1) is 26.0. The summed E-state index contributed by atoms with van der Waals surface area (Å²) in [6.45, 7) is 6.12. The molecule has 2 N–H and O–H groups in total. The molecule has 2 heterocycles. The van der Waals surface area contributed by atoms with Crippen molar-refractivity contribution in [2.45, 2.75) is 52.0 Å². The monoisotopic (exact) mass is 450 g/mol. The number of piperidine rings is 1. The van der Waals surface area contributed by atoms with Gasteiger partial charge in [-0.2, -0.15) is 10.2 Å². The van der Waals surface area contributed by atoms with Gasteiger partial charge < -0.3 is 15.5 Å². The van der Waals surface area contributed by atoms with E-state index in [-0.39, 0.29) is 24.8 Å². The number of unbranched alkanes of at least 4 members (excludes halogenated alkanes) is 1. The lowest BCUT2D eigenvalue weighted by Gasteiger charge is -2.33. The molecule has 30 heavy (non-hydrogen) atoms. The summed E-state index contributed by atoms with van der Waals surface area (Å²) >= 11 is 0. The fourth-order valence-electron chi connectivity index (χ4n) is 3.56. The van der Waals surface area contributed by atoms with Crippen molar-refractivity contribution in [2.75, 3.05) is 30.4 Å². The van der Waals surface area contributed by atoms with E-state index in [9.17, 15) is 5.26 Å². The van der Waals surface area contributed by atoms with Crippen LogP contribution < -0.4 is 15.5 Å². The van der Waals surface area contributed by atoms with Gasteiger partial charge in [0, 0.05) is 36.6 Å². The van der Waals surface area contributed by atoms with Crippen molar-refractivity contribution < 1.29 is 0 Å². The number of rotatable bonds is 7. The second-order valence-corrected chi connectivity index (χ2v) is 7.48. The molecule has 1 unspecified atom stereocenters. The van der Waals surface area contributed by atoms with Crippen molar-refractivity contribution in [2.24, 2.45) is 0 Å². The molecule has 0 saturated carbocycles. The highest BCUT2D eigenvalue weighted by Crippen LogP contribution is 2.23. The highest BCUT2D eigenvalue weighted by atomic mass is 35.5. The summed E-state index contributed by atoms with van der Waals surface area (Å²) in [5, 5.41) is 16.0. The number of nitrogens with zero attached hydrogens (tertiary/aromatic N) is 4. The smallest absolute Gasteiger partial charge is 0.229 e. The highest BCUT2D eigenvalue weighted by Gasteiger charge is 2.20. The van der Waals surface area contributed by atoms with Crippen LogP contribution in [0.25, 0.3) is 0 Å². The largest absolute Gasteiger partial charge is 0.355 e. The fraction of sp³-hybridized carbons (Fsp3) is 0.500. The van der Waals surface area contributed by atoms with Crippen LogP contribution in [0.2, 0.25) is 0 Å². The van der Waals surface area contributed by atoms with Crippen LogP contribution >= 0.6 is 24.8 Å². The van der Waals surface area contributed by atoms with Gasteiger partial charge in [0.1, 0.15) is 5.82 Å². The number of aryl methyl sites for hydroxylation is 2. The minimum Gasteiger partial charge on any atom is -0.355 e. The number of likely N-dealkylation sites (N-methyl/N-ethyl adjacent to an activating group) is 1. The van der Waals surface area contributed by atoms with E-state index in [2.05, 4.69) is 34.6 Å². The van der Waals surface area contributed by atoms with E-state index >= 15 is 0 Å². The van der Waals surface area contributed by atoms with Gasteiger partial charge in [-0.15, -0.1) is 24.8 Å². The third kappa shape index (κ3) is 6.73. The number of anilines is 3. The molecule has 0 radical (unpaired) electrons. The van der Waals surface area contributed by atoms with Crippen LogP contribution in [-0.2, 0) is 6.42 Å². The van der Waals surface area contributed by atoms with Gasteiger partial charge in [-0.25, -0.2) is 4.98 Å². The molecule has 164 valence electrons. The standard InChI is InChI=1S/C22H30N6.2ClH/c1-4-5-7-18-13-21(28-11-6-8-20(15-28)24-3)27-22(25-18)26-19-10-9-16(2)17(12-19)14-23;;/h9-10,12-13,20,24H,4-8,11,15H2,1-3H3,(H,25,26,27);2*1H. The van der Waals surface area contributed by atoms with E-state index in [0.29, 0.717) is 17.6 Å². The van der Waals surface area contributed by atoms with Crippen LogP contribution in [0, 0.1) is 18.3 Å². The molecule has 2 aromatic rings. The van der Waals surface area contributed by atoms with Gasteiger partial charge in [0.05, 0.1) is 11.6 Å². The molecule has 1 atom stereocenters. The quantitative estimate of drug-likeness (QED) is 0.631. The predicted octanol–water partition coefficient (Wildman–Crippen LogP) is 4.77. The van der Waals surface area contributed by atoms with E-state index in [1.807, 2.05) is 32.2 Å². The molecule has 0 aliphatic carbocycles. The molecule has 1 aliphatic rings. The number of hydrogen-bond donors (Lipinski definition) is 2. The second kappa shape index (κ2) is 12.6. The maximum Gasteiger partial charge on any atom is 0.229 e. The molecule has 8 heteroatoms. The van der Waals surface area contributed by atoms with Gasteiger partial charge in [0.25, 0.3) is 0 Å². The summed E-state index contributed by atoms with van der Waals surface area (Å²) in [6.07, 6.45) is 5.55. The maximum atomic E-state index is 9.29. The van der Waals surface area contributed by atoms with Gasteiger partial charge in [-0.05, 0) is 57.4 Å². The minimum absolute atomic E-state index is 0. The average molecular weight is 451 g/mol. The normalized spacial score (nSPS) is 15.5. The lowest BCUT2D eigenvalue weighted by Crippen LogP contribution is -2.44. The molecule has 1 aliphatic heterocycles. The SMILES string of the molecule is CCCCc1cc(N2CCCC(NC)C2)nc(Nc2ccc(C)c(C#N)c2)n1.Cl.Cl. The Bertz CT molecular complexity index is 852. The van der Waals surface area contributed by atoms with Crippen molar-refractivity contribution in [1.29, 1.82) is 5.26 Å². The minimum atomic E-state index is 0. The molecule has 1 fully saturated rings. The third-order valence-corrected chi connectivity index (χ3v) is 5.32. The van der Waals surface area contributed by atoms with Gasteiger partial charge in [0.15, 0.2) is 0 Å². The third-order valence-electron chi connectivity index (χ3n) is 5.32. The number of hydrogen-bond acceptors (Lipinski definition) is 6. The number of halogens is 2. The molecule has 1 saturated heterocycles. The first-order chi connectivity index (χ1) is 13.6. The van der Waals surface area contributed by atoms with Crippen LogP contribution in [0.5, 0.6) is 0 Å². The summed E-state index contributed by atoms with van der Waals surface area (Å²) in [5.74, 6) is 1.58. The van der Waals surface area contributed by atoms with Crippen LogP contribution in [0.3, 0.4) is 0 Å². The van der Waals surface area contributed by atoms with Gasteiger partial charge in [-0.1, -0.05) is 19.4 Å². The lowest BCUT2D eigenvalue weighted by molar-refractivity contribution is 0.447. The van der Waals surface area contributed by atoms with Crippen LogP contribution in [-0.4, -0.2) is 36.1 Å². The maximum absolute atomic E-state index is 9.29. The zero-order chi connectivity index (χ0) is 19.9. The first-order valence-corrected chi connectivity index (χ1v) is 10.2. The Morgan fingerprint density at radius 2 is 2.03 bits per heavy atom. The Morgan fingerprint density at radius 3 is 2.73 bits per heavy atom. The molecule has 1 aromatic carbocycles.